The zero-order valence-corrected chi connectivity index (χ0v) is 11.8. The zero-order chi connectivity index (χ0) is 13.8. The SMILES string of the molecule is O=Cc1ccccc1OCC1CCC2(CCCCC2)O1. The minimum Gasteiger partial charge on any atom is -0.490 e. The molecule has 1 aromatic carbocycles. The Morgan fingerprint density at radius 3 is 2.80 bits per heavy atom. The second-order valence-electron chi connectivity index (χ2n) is 5.99. The molecule has 0 N–H and O–H groups in total. The van der Waals surface area contributed by atoms with E-state index in [-0.39, 0.29) is 11.7 Å². The highest BCUT2D eigenvalue weighted by Crippen LogP contribution is 2.41. The van der Waals surface area contributed by atoms with E-state index in [1.807, 2.05) is 18.2 Å². The molecule has 3 heteroatoms. The van der Waals surface area contributed by atoms with Gasteiger partial charge in [0.2, 0.25) is 0 Å². The summed E-state index contributed by atoms with van der Waals surface area (Å²) in [5, 5.41) is 0. The molecule has 1 heterocycles. The van der Waals surface area contributed by atoms with Gasteiger partial charge in [-0.25, -0.2) is 0 Å². The van der Waals surface area contributed by atoms with E-state index >= 15 is 0 Å². The van der Waals surface area contributed by atoms with Crippen molar-refractivity contribution < 1.29 is 14.3 Å². The molecule has 2 fully saturated rings. The number of rotatable bonds is 4. The molecule has 3 nitrogen and oxygen atoms in total. The van der Waals surface area contributed by atoms with Crippen LogP contribution in [0.15, 0.2) is 24.3 Å². The van der Waals surface area contributed by atoms with Gasteiger partial charge in [-0.05, 0) is 37.8 Å². The van der Waals surface area contributed by atoms with Gasteiger partial charge < -0.3 is 9.47 Å². The molecule has 1 atom stereocenters. The lowest BCUT2D eigenvalue weighted by Crippen LogP contribution is -2.32. The van der Waals surface area contributed by atoms with Gasteiger partial charge in [0.1, 0.15) is 12.4 Å². The fraction of sp³-hybridized carbons (Fsp3) is 0.588. The van der Waals surface area contributed by atoms with Crippen molar-refractivity contribution >= 4 is 6.29 Å². The molecule has 1 spiro atoms. The molecule has 20 heavy (non-hydrogen) atoms. The van der Waals surface area contributed by atoms with E-state index in [2.05, 4.69) is 0 Å². The van der Waals surface area contributed by atoms with Crippen LogP contribution < -0.4 is 4.74 Å². The van der Waals surface area contributed by atoms with Gasteiger partial charge in [-0.15, -0.1) is 0 Å². The number of hydrogen-bond acceptors (Lipinski definition) is 3. The van der Waals surface area contributed by atoms with Crippen LogP contribution in [0, 0.1) is 0 Å². The van der Waals surface area contributed by atoms with Crippen LogP contribution in [0.2, 0.25) is 0 Å². The Bertz CT molecular complexity index is 463. The number of carbonyl (C=O) groups is 1. The Kier molecular flexibility index (Phi) is 4.06. The topological polar surface area (TPSA) is 35.5 Å². The number of aldehydes is 1. The van der Waals surface area contributed by atoms with Gasteiger partial charge in [0.15, 0.2) is 6.29 Å². The molecule has 1 aliphatic heterocycles. The van der Waals surface area contributed by atoms with E-state index in [0.29, 0.717) is 17.9 Å². The van der Waals surface area contributed by atoms with Crippen LogP contribution in [0.1, 0.15) is 55.3 Å². The number of hydrogen-bond donors (Lipinski definition) is 0. The molecular weight excluding hydrogens is 252 g/mol. The van der Waals surface area contributed by atoms with Gasteiger partial charge in [-0.3, -0.25) is 4.79 Å². The molecule has 1 saturated heterocycles. The summed E-state index contributed by atoms with van der Waals surface area (Å²) < 4.78 is 12.1. The highest BCUT2D eigenvalue weighted by Gasteiger charge is 2.40. The Balaban J connectivity index is 1.56. The average Bonchev–Trinajstić information content (AvgIpc) is 2.89. The smallest absolute Gasteiger partial charge is 0.153 e. The highest BCUT2D eigenvalue weighted by atomic mass is 16.6. The van der Waals surface area contributed by atoms with E-state index in [1.165, 1.54) is 32.1 Å². The minimum absolute atomic E-state index is 0.135. The summed E-state index contributed by atoms with van der Waals surface area (Å²) in [6, 6.07) is 7.36. The summed E-state index contributed by atoms with van der Waals surface area (Å²) in [6.07, 6.45) is 9.59. The summed E-state index contributed by atoms with van der Waals surface area (Å²) in [6.45, 7) is 0.548. The first-order valence-electron chi connectivity index (χ1n) is 7.66. The van der Waals surface area contributed by atoms with E-state index in [0.717, 1.165) is 19.1 Å². The van der Waals surface area contributed by atoms with Crippen LogP contribution in [0.5, 0.6) is 5.75 Å². The van der Waals surface area contributed by atoms with Crippen molar-refractivity contribution in [1.29, 1.82) is 0 Å². The maximum Gasteiger partial charge on any atom is 0.153 e. The maximum atomic E-state index is 11.0. The van der Waals surface area contributed by atoms with Crippen LogP contribution >= 0.6 is 0 Å². The third-order valence-corrected chi connectivity index (χ3v) is 4.57. The van der Waals surface area contributed by atoms with Gasteiger partial charge >= 0.3 is 0 Å². The average molecular weight is 274 g/mol. The van der Waals surface area contributed by atoms with Crippen LogP contribution in [-0.2, 0) is 4.74 Å². The van der Waals surface area contributed by atoms with Crippen LogP contribution in [0.25, 0.3) is 0 Å². The third kappa shape index (κ3) is 2.88. The molecule has 1 aliphatic carbocycles. The molecule has 0 bridgehead atoms. The number of benzene rings is 1. The first-order valence-corrected chi connectivity index (χ1v) is 7.66. The normalized spacial score (nSPS) is 24.7. The molecule has 0 aromatic heterocycles. The maximum absolute atomic E-state index is 11.0. The van der Waals surface area contributed by atoms with Crippen molar-refractivity contribution in [2.45, 2.75) is 56.7 Å². The molecule has 2 aliphatic rings. The molecule has 1 saturated carbocycles. The molecule has 1 aromatic rings. The number of carbonyl (C=O) groups excluding carboxylic acids is 1. The Labute approximate surface area is 120 Å². The van der Waals surface area contributed by atoms with E-state index < -0.39 is 0 Å². The van der Waals surface area contributed by atoms with Gasteiger partial charge in [0.25, 0.3) is 0 Å². The predicted octanol–water partition coefficient (Wildman–Crippen LogP) is 3.76. The summed E-state index contributed by atoms with van der Waals surface area (Å²) >= 11 is 0. The second kappa shape index (κ2) is 5.96. The van der Waals surface area contributed by atoms with Crippen molar-refractivity contribution in [1.82, 2.24) is 0 Å². The second-order valence-corrected chi connectivity index (χ2v) is 5.99. The van der Waals surface area contributed by atoms with E-state index in [4.69, 9.17) is 9.47 Å². The Morgan fingerprint density at radius 1 is 1.20 bits per heavy atom. The van der Waals surface area contributed by atoms with Gasteiger partial charge in [0.05, 0.1) is 17.3 Å². The Hall–Kier alpha value is -1.35. The summed E-state index contributed by atoms with van der Waals surface area (Å²) in [4.78, 5) is 11.0. The van der Waals surface area contributed by atoms with Crippen molar-refractivity contribution in [3.63, 3.8) is 0 Å². The van der Waals surface area contributed by atoms with E-state index in [1.54, 1.807) is 6.07 Å². The summed E-state index contributed by atoms with van der Waals surface area (Å²) in [5.41, 5.74) is 0.745. The molecule has 108 valence electrons. The third-order valence-electron chi connectivity index (χ3n) is 4.57. The van der Waals surface area contributed by atoms with Crippen LogP contribution in [0.3, 0.4) is 0 Å². The van der Waals surface area contributed by atoms with Crippen molar-refractivity contribution in [2.75, 3.05) is 6.61 Å². The van der Waals surface area contributed by atoms with Crippen LogP contribution in [-0.4, -0.2) is 24.6 Å². The van der Waals surface area contributed by atoms with E-state index in [9.17, 15) is 4.79 Å². The van der Waals surface area contributed by atoms with Gasteiger partial charge in [0, 0.05) is 0 Å². The quantitative estimate of drug-likeness (QED) is 0.784. The lowest BCUT2D eigenvalue weighted by atomic mass is 9.83. The lowest BCUT2D eigenvalue weighted by molar-refractivity contribution is -0.0749. The fourth-order valence-corrected chi connectivity index (χ4v) is 3.47. The minimum atomic E-state index is 0.135. The largest absolute Gasteiger partial charge is 0.490 e. The molecule has 0 amide bonds. The van der Waals surface area contributed by atoms with Crippen molar-refractivity contribution in [3.8, 4) is 5.75 Å². The van der Waals surface area contributed by atoms with Crippen molar-refractivity contribution in [2.24, 2.45) is 0 Å². The highest BCUT2D eigenvalue weighted by molar-refractivity contribution is 5.79. The monoisotopic (exact) mass is 274 g/mol. The first-order chi connectivity index (χ1) is 9.81. The number of ether oxygens (including phenoxy) is 2. The molecular formula is C17H22O3. The summed E-state index contributed by atoms with van der Waals surface area (Å²) in [5.74, 6) is 0.663. The van der Waals surface area contributed by atoms with Crippen LogP contribution in [0.4, 0.5) is 0 Å². The molecule has 0 radical (unpaired) electrons. The van der Waals surface area contributed by atoms with Gasteiger partial charge in [-0.2, -0.15) is 0 Å². The Morgan fingerprint density at radius 2 is 2.00 bits per heavy atom. The van der Waals surface area contributed by atoms with Crippen molar-refractivity contribution in [3.05, 3.63) is 29.8 Å². The lowest BCUT2D eigenvalue weighted by Gasteiger charge is -2.33. The molecule has 1 unspecified atom stereocenters. The molecule has 3 rings (SSSR count). The standard InChI is InChI=1S/C17H22O3/c18-12-14-6-2-3-7-16(14)19-13-15-8-11-17(20-15)9-4-1-5-10-17/h2-3,6-7,12,15H,1,4-5,8-11,13H2. The first kappa shape index (κ1) is 13.6. The summed E-state index contributed by atoms with van der Waals surface area (Å²) in [7, 11) is 0. The zero-order valence-electron chi connectivity index (χ0n) is 11.8. The van der Waals surface area contributed by atoms with Gasteiger partial charge in [-0.1, -0.05) is 31.4 Å². The predicted molar refractivity (Wildman–Crippen MR) is 77.2 cm³/mol. The fourth-order valence-electron chi connectivity index (χ4n) is 3.47. The number of para-hydroxylation sites is 1.